The van der Waals surface area contributed by atoms with E-state index in [1.165, 1.54) is 5.10 Å². The number of nitrogens with one attached hydrogen (secondary N) is 1. The van der Waals surface area contributed by atoms with E-state index in [9.17, 15) is 26.3 Å². The fraction of sp³-hybridized carbons (Fsp3) is 0.400. The van der Waals surface area contributed by atoms with E-state index < -0.39 is 23.7 Å². The maximum absolute atomic E-state index is 11.8. The summed E-state index contributed by atoms with van der Waals surface area (Å²) in [6.45, 7) is 0. The van der Waals surface area contributed by atoms with Gasteiger partial charge in [0.25, 0.3) is 0 Å². The van der Waals surface area contributed by atoms with Crippen LogP contribution in [0.4, 0.5) is 26.3 Å². The van der Waals surface area contributed by atoms with Gasteiger partial charge in [-0.1, -0.05) is 0 Å². The summed E-state index contributed by atoms with van der Waals surface area (Å²) in [5.74, 6) is 0. The van der Waals surface area contributed by atoms with Crippen LogP contribution in [0.15, 0.2) is 6.07 Å². The van der Waals surface area contributed by atoms with Crippen molar-refractivity contribution in [2.24, 2.45) is 0 Å². The summed E-state index contributed by atoms with van der Waals surface area (Å²) in [5, 5.41) is 3.74. The molecule has 0 amide bonds. The normalized spacial score (nSPS) is 12.4. The minimum atomic E-state index is -4.86. The smallest absolute Gasteiger partial charge is 0.273 e. The van der Waals surface area contributed by atoms with Gasteiger partial charge in [0.05, 0.1) is 0 Å². The number of aromatic nitrogens is 2. The second-order valence-corrected chi connectivity index (χ2v) is 2.16. The predicted octanol–water partition coefficient (Wildman–Crippen LogP) is 2.07. The van der Waals surface area contributed by atoms with Crippen molar-refractivity contribution in [2.75, 3.05) is 0 Å². The molecule has 75 valence electrons. The molecule has 0 atom stereocenters. The SMILES string of the molecule is FC(F)(F)c1cc(C(F)(F)F)[nH]n1.[K]. The van der Waals surface area contributed by atoms with Crippen LogP contribution >= 0.6 is 0 Å². The summed E-state index contributed by atoms with van der Waals surface area (Å²) in [6.07, 6.45) is -9.70. The van der Waals surface area contributed by atoms with E-state index in [1.54, 1.807) is 0 Å². The molecule has 0 fully saturated rings. The van der Waals surface area contributed by atoms with Gasteiger partial charge in [-0.25, -0.2) is 0 Å². The first-order valence-electron chi connectivity index (χ1n) is 2.91. The van der Waals surface area contributed by atoms with Gasteiger partial charge in [0.15, 0.2) is 5.69 Å². The van der Waals surface area contributed by atoms with E-state index in [1.807, 2.05) is 0 Å². The van der Waals surface area contributed by atoms with Gasteiger partial charge >= 0.3 is 12.4 Å². The number of hydrogen-bond acceptors (Lipinski definition) is 1. The van der Waals surface area contributed by atoms with Gasteiger partial charge < -0.3 is 0 Å². The monoisotopic (exact) mass is 243 g/mol. The molecule has 0 bridgehead atoms. The van der Waals surface area contributed by atoms with E-state index in [2.05, 4.69) is 5.10 Å². The van der Waals surface area contributed by atoms with E-state index in [0.29, 0.717) is 0 Å². The van der Waals surface area contributed by atoms with Crippen molar-refractivity contribution in [1.82, 2.24) is 10.2 Å². The first kappa shape index (κ1) is 14.4. The van der Waals surface area contributed by atoms with Crippen LogP contribution in [0.2, 0.25) is 0 Å². The zero-order chi connectivity index (χ0) is 10.3. The van der Waals surface area contributed by atoms with Gasteiger partial charge in [0.1, 0.15) is 5.69 Å². The molecule has 1 heterocycles. The molecule has 1 rings (SSSR count). The summed E-state index contributed by atoms with van der Waals surface area (Å²) < 4.78 is 70.5. The van der Waals surface area contributed by atoms with Crippen LogP contribution in [-0.4, -0.2) is 61.6 Å². The average molecular weight is 243 g/mol. The van der Waals surface area contributed by atoms with Crippen molar-refractivity contribution < 1.29 is 26.3 Å². The van der Waals surface area contributed by atoms with Crippen molar-refractivity contribution in [3.8, 4) is 0 Å². The molecule has 0 aliphatic rings. The quantitative estimate of drug-likeness (QED) is 0.548. The molecular formula is C5H2F6KN2. The molecular weight excluding hydrogens is 241 g/mol. The van der Waals surface area contributed by atoms with Gasteiger partial charge in [0, 0.05) is 57.5 Å². The molecule has 2 nitrogen and oxygen atoms in total. The Kier molecular flexibility index (Phi) is 4.65. The van der Waals surface area contributed by atoms with E-state index in [-0.39, 0.29) is 57.5 Å². The van der Waals surface area contributed by atoms with Crippen LogP contribution in [0.5, 0.6) is 0 Å². The molecule has 0 saturated heterocycles. The van der Waals surface area contributed by atoms with Crippen LogP contribution < -0.4 is 0 Å². The van der Waals surface area contributed by atoms with Crippen LogP contribution in [0.1, 0.15) is 11.4 Å². The zero-order valence-corrected chi connectivity index (χ0v) is 9.92. The van der Waals surface area contributed by atoms with Crippen molar-refractivity contribution in [3.63, 3.8) is 0 Å². The Morgan fingerprint density at radius 1 is 1.00 bits per heavy atom. The largest absolute Gasteiger partial charge is 0.435 e. The Morgan fingerprint density at radius 3 is 1.71 bits per heavy atom. The summed E-state index contributed by atoms with van der Waals surface area (Å²) in [4.78, 5) is 0. The first-order chi connectivity index (χ1) is 5.71. The standard InChI is InChI=1S/C5H2F6N2.K/c6-4(7,8)2-1-3(13-12-2)5(9,10)11;/h1H,(H,12,13);. The fourth-order valence-electron chi connectivity index (χ4n) is 0.612. The molecule has 0 unspecified atom stereocenters. The minimum Gasteiger partial charge on any atom is -0.273 e. The van der Waals surface area contributed by atoms with E-state index in [0.717, 1.165) is 0 Å². The topological polar surface area (TPSA) is 28.7 Å². The van der Waals surface area contributed by atoms with Gasteiger partial charge in [-0.2, -0.15) is 31.4 Å². The number of rotatable bonds is 0. The van der Waals surface area contributed by atoms with E-state index in [4.69, 9.17) is 0 Å². The van der Waals surface area contributed by atoms with Gasteiger partial charge in [0.2, 0.25) is 0 Å². The van der Waals surface area contributed by atoms with Crippen LogP contribution in [0.25, 0.3) is 0 Å². The predicted molar refractivity (Wildman–Crippen MR) is 34.3 cm³/mol. The van der Waals surface area contributed by atoms with Crippen molar-refractivity contribution in [1.29, 1.82) is 0 Å². The molecule has 0 aromatic carbocycles. The first-order valence-corrected chi connectivity index (χ1v) is 2.91. The Bertz CT molecular complexity index is 271. The van der Waals surface area contributed by atoms with Crippen LogP contribution in [-0.2, 0) is 12.4 Å². The summed E-state index contributed by atoms with van der Waals surface area (Å²) in [5.41, 5.74) is -3.10. The van der Waals surface area contributed by atoms with Crippen LogP contribution in [0, 0.1) is 0 Å². The summed E-state index contributed by atoms with van der Waals surface area (Å²) in [6, 6.07) is -0.0833. The Labute approximate surface area is 116 Å². The van der Waals surface area contributed by atoms with Gasteiger partial charge in [-0.3, -0.25) is 5.10 Å². The molecule has 0 aliphatic heterocycles. The maximum atomic E-state index is 11.8. The number of H-pyrrole nitrogens is 1. The second kappa shape index (κ2) is 4.52. The van der Waals surface area contributed by atoms with Crippen molar-refractivity contribution in [2.45, 2.75) is 12.4 Å². The number of hydrogen-bond donors (Lipinski definition) is 1. The molecule has 1 aromatic rings. The average Bonchev–Trinajstić information content (AvgIpc) is 2.28. The molecule has 0 saturated carbocycles. The number of alkyl halides is 6. The Hall–Kier alpha value is 0.426. The molecule has 14 heavy (non-hydrogen) atoms. The maximum Gasteiger partial charge on any atom is 0.435 e. The van der Waals surface area contributed by atoms with Crippen molar-refractivity contribution >= 4 is 51.4 Å². The third kappa shape index (κ3) is 3.53. The molecule has 1 N–H and O–H groups in total. The third-order valence-corrected chi connectivity index (χ3v) is 1.17. The minimum absolute atomic E-state index is 0. The molecule has 9 heteroatoms. The Morgan fingerprint density at radius 2 is 1.50 bits per heavy atom. The zero-order valence-electron chi connectivity index (χ0n) is 6.79. The molecule has 1 radical (unpaired) electrons. The number of nitrogens with zero attached hydrogens (tertiary/aromatic N) is 1. The van der Waals surface area contributed by atoms with Crippen molar-refractivity contribution in [3.05, 3.63) is 17.5 Å². The Balaban J connectivity index is 0.00000169. The number of halogens is 6. The molecule has 0 aliphatic carbocycles. The molecule has 1 aromatic heterocycles. The molecule has 0 spiro atoms. The van der Waals surface area contributed by atoms with Gasteiger partial charge in [-0.15, -0.1) is 0 Å². The van der Waals surface area contributed by atoms with Gasteiger partial charge in [-0.05, 0) is 0 Å². The van der Waals surface area contributed by atoms with E-state index >= 15 is 0 Å². The summed E-state index contributed by atoms with van der Waals surface area (Å²) >= 11 is 0. The fourth-order valence-corrected chi connectivity index (χ4v) is 0.612. The number of aromatic amines is 1. The third-order valence-electron chi connectivity index (χ3n) is 1.17. The summed E-state index contributed by atoms with van der Waals surface area (Å²) in [7, 11) is 0. The second-order valence-electron chi connectivity index (χ2n) is 2.16. The van der Waals surface area contributed by atoms with Crippen LogP contribution in [0.3, 0.4) is 0 Å².